The maximum absolute atomic E-state index is 12.4. The molecule has 0 radical (unpaired) electrons. The van der Waals surface area contributed by atoms with Gasteiger partial charge in [0.25, 0.3) is 5.91 Å². The lowest BCUT2D eigenvalue weighted by Crippen LogP contribution is -2.27. The van der Waals surface area contributed by atoms with Crippen LogP contribution in [0.25, 0.3) is 17.4 Å². The van der Waals surface area contributed by atoms with Crippen molar-refractivity contribution in [3.8, 4) is 11.3 Å². The number of nitrogens with zero attached hydrogens (tertiary/aromatic N) is 1. The van der Waals surface area contributed by atoms with Crippen molar-refractivity contribution < 1.29 is 9.21 Å². The summed E-state index contributed by atoms with van der Waals surface area (Å²) < 4.78 is 7.32. The van der Waals surface area contributed by atoms with E-state index in [0.717, 1.165) is 17.7 Å². The van der Waals surface area contributed by atoms with E-state index in [1.165, 1.54) is 16.5 Å². The normalized spacial score (nSPS) is 11.3. The summed E-state index contributed by atoms with van der Waals surface area (Å²) in [7, 11) is 1.79. The van der Waals surface area contributed by atoms with Crippen molar-refractivity contribution in [2.45, 2.75) is 13.3 Å². The van der Waals surface area contributed by atoms with E-state index in [2.05, 4.69) is 0 Å². The zero-order valence-corrected chi connectivity index (χ0v) is 14.8. The summed E-state index contributed by atoms with van der Waals surface area (Å²) in [5.74, 6) is 1.37. The molecule has 2 aromatic rings. The van der Waals surface area contributed by atoms with Gasteiger partial charge in [-0.2, -0.15) is 0 Å². The van der Waals surface area contributed by atoms with Gasteiger partial charge in [-0.1, -0.05) is 61.2 Å². The molecule has 0 bridgehead atoms. The molecule has 2 rings (SSSR count). The number of hydrogen-bond donors (Lipinski definition) is 0. The van der Waals surface area contributed by atoms with E-state index < -0.39 is 0 Å². The standard InChI is InChI=1S/C18H19NO2S2/c1-3-11-19(2)18(20)17(23-13-22)12-15-9-10-16(21-15)14-7-5-4-6-8-14/h4-10,12-13H,3,11H2,1-2H3/b17-12-. The molecule has 0 unspecified atom stereocenters. The van der Waals surface area contributed by atoms with Gasteiger partial charge in [0.1, 0.15) is 11.5 Å². The summed E-state index contributed by atoms with van der Waals surface area (Å²) in [5.41, 5.74) is 1.01. The summed E-state index contributed by atoms with van der Waals surface area (Å²) in [6, 6.07) is 13.6. The maximum Gasteiger partial charge on any atom is 0.260 e. The molecular weight excluding hydrogens is 326 g/mol. The molecule has 0 spiro atoms. The van der Waals surface area contributed by atoms with Crippen molar-refractivity contribution in [2.75, 3.05) is 13.6 Å². The number of rotatable bonds is 7. The minimum atomic E-state index is -0.0457. The number of benzene rings is 1. The molecule has 0 saturated carbocycles. The van der Waals surface area contributed by atoms with Crippen LogP contribution in [0.4, 0.5) is 0 Å². The Labute approximate surface area is 146 Å². The van der Waals surface area contributed by atoms with Crippen molar-refractivity contribution in [1.29, 1.82) is 0 Å². The number of likely N-dealkylation sites (N-methyl/N-ethyl adjacent to an activating group) is 1. The number of amides is 1. The van der Waals surface area contributed by atoms with Crippen LogP contribution in [0.1, 0.15) is 19.1 Å². The fourth-order valence-corrected chi connectivity index (χ4v) is 3.00. The molecule has 0 atom stereocenters. The Bertz CT molecular complexity index is 692. The van der Waals surface area contributed by atoms with Gasteiger partial charge in [0.05, 0.1) is 4.91 Å². The maximum atomic E-state index is 12.4. The smallest absolute Gasteiger partial charge is 0.260 e. The van der Waals surface area contributed by atoms with Crippen LogP contribution in [0.3, 0.4) is 0 Å². The number of carbonyl (C=O) groups excluding carboxylic acids is 1. The molecule has 0 aliphatic rings. The van der Waals surface area contributed by atoms with Crippen LogP contribution >= 0.6 is 24.0 Å². The Balaban J connectivity index is 2.24. The van der Waals surface area contributed by atoms with E-state index in [1.54, 1.807) is 18.0 Å². The summed E-state index contributed by atoms with van der Waals surface area (Å²) in [6.07, 6.45) is 2.66. The highest BCUT2D eigenvalue weighted by Crippen LogP contribution is 2.25. The fourth-order valence-electron chi connectivity index (χ4n) is 2.14. The third-order valence-corrected chi connectivity index (χ3v) is 4.18. The largest absolute Gasteiger partial charge is 0.457 e. The second-order valence-electron chi connectivity index (χ2n) is 5.02. The molecule has 3 nitrogen and oxygen atoms in total. The molecule has 0 fully saturated rings. The molecule has 120 valence electrons. The average Bonchev–Trinajstić information content (AvgIpc) is 3.03. The average molecular weight is 345 g/mol. The van der Waals surface area contributed by atoms with Gasteiger partial charge >= 0.3 is 0 Å². The van der Waals surface area contributed by atoms with Crippen LogP contribution in [-0.4, -0.2) is 29.1 Å². The molecule has 0 N–H and O–H groups in total. The Morgan fingerprint density at radius 1 is 1.26 bits per heavy atom. The van der Waals surface area contributed by atoms with Crippen LogP contribution in [0.15, 0.2) is 51.8 Å². The highest BCUT2D eigenvalue weighted by molar-refractivity contribution is 8.24. The van der Waals surface area contributed by atoms with Gasteiger partial charge in [0.15, 0.2) is 0 Å². The zero-order chi connectivity index (χ0) is 16.7. The topological polar surface area (TPSA) is 33.5 Å². The minimum absolute atomic E-state index is 0.0457. The van der Waals surface area contributed by atoms with Crippen molar-refractivity contribution in [3.63, 3.8) is 0 Å². The highest BCUT2D eigenvalue weighted by Gasteiger charge is 2.15. The van der Waals surface area contributed by atoms with Gasteiger partial charge < -0.3 is 9.32 Å². The van der Waals surface area contributed by atoms with Crippen molar-refractivity contribution >= 4 is 40.7 Å². The van der Waals surface area contributed by atoms with E-state index in [-0.39, 0.29) is 5.91 Å². The number of furan rings is 1. The quantitative estimate of drug-likeness (QED) is 0.531. The molecule has 1 aromatic carbocycles. The minimum Gasteiger partial charge on any atom is -0.457 e. The first-order valence-corrected chi connectivity index (χ1v) is 8.73. The van der Waals surface area contributed by atoms with E-state index in [1.807, 2.05) is 49.4 Å². The first kappa shape index (κ1) is 17.5. The molecule has 0 saturated heterocycles. The summed E-state index contributed by atoms with van der Waals surface area (Å²) in [6.45, 7) is 2.75. The Morgan fingerprint density at radius 2 is 2.00 bits per heavy atom. The molecule has 1 heterocycles. The summed E-state index contributed by atoms with van der Waals surface area (Å²) in [5, 5.41) is 0. The Kier molecular flexibility index (Phi) is 6.62. The molecule has 0 aliphatic heterocycles. The van der Waals surface area contributed by atoms with Crippen LogP contribution in [-0.2, 0) is 4.79 Å². The van der Waals surface area contributed by atoms with Gasteiger partial charge in [-0.3, -0.25) is 4.79 Å². The lowest BCUT2D eigenvalue weighted by Gasteiger charge is -2.16. The molecule has 1 amide bonds. The highest BCUT2D eigenvalue weighted by atomic mass is 32.2. The lowest BCUT2D eigenvalue weighted by atomic mass is 10.2. The number of thiocarbonyl (C=S) groups is 1. The van der Waals surface area contributed by atoms with Crippen molar-refractivity contribution in [2.24, 2.45) is 0 Å². The summed E-state index contributed by atoms with van der Waals surface area (Å²) in [4.78, 5) is 14.7. The fraction of sp³-hybridized carbons (Fsp3) is 0.222. The van der Waals surface area contributed by atoms with Gasteiger partial charge in [-0.25, -0.2) is 0 Å². The van der Waals surface area contributed by atoms with Crippen LogP contribution < -0.4 is 0 Å². The predicted molar refractivity (Wildman–Crippen MR) is 101 cm³/mol. The van der Waals surface area contributed by atoms with E-state index in [4.69, 9.17) is 16.6 Å². The van der Waals surface area contributed by atoms with Gasteiger partial charge in [0.2, 0.25) is 0 Å². The lowest BCUT2D eigenvalue weighted by molar-refractivity contribution is -0.125. The van der Waals surface area contributed by atoms with Crippen LogP contribution in [0, 0.1) is 0 Å². The molecule has 1 aromatic heterocycles. The Morgan fingerprint density at radius 3 is 2.65 bits per heavy atom. The monoisotopic (exact) mass is 345 g/mol. The second kappa shape index (κ2) is 8.70. The van der Waals surface area contributed by atoms with Crippen molar-refractivity contribution in [1.82, 2.24) is 4.90 Å². The molecule has 5 heteroatoms. The van der Waals surface area contributed by atoms with E-state index in [9.17, 15) is 4.79 Å². The second-order valence-corrected chi connectivity index (χ2v) is 6.46. The van der Waals surface area contributed by atoms with Gasteiger partial charge in [-0.05, 0) is 18.6 Å². The zero-order valence-electron chi connectivity index (χ0n) is 13.2. The Hall–Kier alpha value is -1.85. The van der Waals surface area contributed by atoms with E-state index >= 15 is 0 Å². The third kappa shape index (κ3) is 4.81. The molecular formula is C18H19NO2S2. The molecule has 23 heavy (non-hydrogen) atoms. The van der Waals surface area contributed by atoms with Gasteiger partial charge in [0, 0.05) is 29.9 Å². The SMILES string of the molecule is CCCN(C)C(=O)/C(=C/c1ccc(-c2ccccc2)o1)SC=S. The predicted octanol–water partition coefficient (Wildman–Crippen LogP) is 4.85. The van der Waals surface area contributed by atoms with Crippen LogP contribution in [0.5, 0.6) is 0 Å². The summed E-state index contributed by atoms with van der Waals surface area (Å²) >= 11 is 6.13. The number of carbonyl (C=O) groups is 1. The van der Waals surface area contributed by atoms with Crippen molar-refractivity contribution in [3.05, 3.63) is 53.1 Å². The first-order valence-electron chi connectivity index (χ1n) is 7.38. The molecule has 0 aliphatic carbocycles. The third-order valence-electron chi connectivity index (χ3n) is 3.25. The number of hydrogen-bond acceptors (Lipinski definition) is 4. The van der Waals surface area contributed by atoms with Crippen LogP contribution in [0.2, 0.25) is 0 Å². The van der Waals surface area contributed by atoms with E-state index in [0.29, 0.717) is 17.2 Å². The van der Waals surface area contributed by atoms with Gasteiger partial charge in [-0.15, -0.1) is 0 Å². The number of thioether (sulfide) groups is 1. The first-order chi connectivity index (χ1) is 11.2.